The van der Waals surface area contributed by atoms with Crippen LogP contribution >= 0.6 is 12.4 Å². The lowest BCUT2D eigenvalue weighted by molar-refractivity contribution is 0.0995. The number of amides is 1. The van der Waals surface area contributed by atoms with Crippen LogP contribution in [0.2, 0.25) is 0 Å². The van der Waals surface area contributed by atoms with E-state index in [9.17, 15) is 4.79 Å². The highest BCUT2D eigenvalue weighted by Gasteiger charge is 2.01. The van der Waals surface area contributed by atoms with Crippen LogP contribution in [0.25, 0.3) is 5.52 Å². The summed E-state index contributed by atoms with van der Waals surface area (Å²) in [5.41, 5.74) is 6.27. The molecule has 4 nitrogen and oxygen atoms in total. The second-order valence-electron chi connectivity index (χ2n) is 2.48. The number of nitrogens with two attached hydrogens (primary N) is 1. The summed E-state index contributed by atoms with van der Waals surface area (Å²) in [6.45, 7) is 0. The van der Waals surface area contributed by atoms with E-state index in [2.05, 4.69) is 4.98 Å². The van der Waals surface area contributed by atoms with E-state index < -0.39 is 5.91 Å². The van der Waals surface area contributed by atoms with Gasteiger partial charge in [0.25, 0.3) is 5.91 Å². The second-order valence-corrected chi connectivity index (χ2v) is 2.48. The number of hydrogen-bond donors (Lipinski definition) is 1. The molecule has 0 saturated heterocycles. The highest BCUT2D eigenvalue weighted by molar-refractivity contribution is 5.91. The molecule has 0 bridgehead atoms. The molecule has 0 fully saturated rings. The summed E-state index contributed by atoms with van der Waals surface area (Å²) in [6.07, 6.45) is 3.42. The Morgan fingerprint density at radius 3 is 3.00 bits per heavy atom. The van der Waals surface area contributed by atoms with Crippen molar-refractivity contribution in [3.8, 4) is 0 Å². The molecule has 0 radical (unpaired) electrons. The lowest BCUT2D eigenvalue weighted by Gasteiger charge is -1.95. The first-order valence-corrected chi connectivity index (χ1v) is 3.50. The van der Waals surface area contributed by atoms with Crippen LogP contribution in [-0.2, 0) is 0 Å². The molecule has 2 N–H and O–H groups in total. The lowest BCUT2D eigenvalue weighted by Crippen LogP contribution is -2.13. The van der Waals surface area contributed by atoms with Crippen molar-refractivity contribution >= 4 is 23.8 Å². The topological polar surface area (TPSA) is 60.4 Å². The molecule has 2 heterocycles. The molecule has 0 atom stereocenters. The van der Waals surface area contributed by atoms with Crippen LogP contribution in [-0.4, -0.2) is 15.3 Å². The predicted molar refractivity (Wildman–Crippen MR) is 51.0 cm³/mol. The lowest BCUT2D eigenvalue weighted by atomic mass is 10.3. The number of fused-ring (bicyclic) bond motifs is 1. The number of halogens is 1. The van der Waals surface area contributed by atoms with Gasteiger partial charge < -0.3 is 10.1 Å². The zero-order valence-corrected chi connectivity index (χ0v) is 7.49. The number of hydrogen-bond acceptors (Lipinski definition) is 2. The van der Waals surface area contributed by atoms with Crippen molar-refractivity contribution in [2.75, 3.05) is 0 Å². The normalized spacial score (nSPS) is 9.54. The number of carbonyl (C=O) groups is 1. The minimum atomic E-state index is -0.501. The molecular formula is C8H8ClN3O. The van der Waals surface area contributed by atoms with Crippen molar-refractivity contribution in [2.45, 2.75) is 0 Å². The van der Waals surface area contributed by atoms with Gasteiger partial charge in [0.2, 0.25) is 0 Å². The summed E-state index contributed by atoms with van der Waals surface area (Å²) in [5.74, 6) is -0.501. The van der Waals surface area contributed by atoms with Gasteiger partial charge in [-0.1, -0.05) is 0 Å². The SMILES string of the molecule is Cl.NC(=O)c1cc2cccn2cn1. The van der Waals surface area contributed by atoms with Gasteiger partial charge in [-0.3, -0.25) is 4.79 Å². The fourth-order valence-electron chi connectivity index (χ4n) is 1.07. The molecule has 2 aromatic heterocycles. The zero-order valence-electron chi connectivity index (χ0n) is 6.68. The van der Waals surface area contributed by atoms with Crippen molar-refractivity contribution < 1.29 is 4.79 Å². The number of primary amides is 1. The predicted octanol–water partition coefficient (Wildman–Crippen LogP) is 0.855. The fourth-order valence-corrected chi connectivity index (χ4v) is 1.07. The standard InChI is InChI=1S/C8H7N3O.ClH/c9-8(12)7-4-6-2-1-3-11(6)5-10-7;/h1-5H,(H2,9,12);1H. The average Bonchev–Trinajstić information content (AvgIpc) is 2.49. The Labute approximate surface area is 80.8 Å². The third-order valence-electron chi connectivity index (χ3n) is 1.67. The van der Waals surface area contributed by atoms with Crippen LogP contribution < -0.4 is 5.73 Å². The number of aromatic nitrogens is 2. The molecule has 5 heteroatoms. The van der Waals surface area contributed by atoms with Crippen LogP contribution in [0.1, 0.15) is 10.5 Å². The van der Waals surface area contributed by atoms with Gasteiger partial charge in [-0.15, -0.1) is 12.4 Å². The number of carbonyl (C=O) groups excluding carboxylic acids is 1. The van der Waals surface area contributed by atoms with Gasteiger partial charge in [0.1, 0.15) is 5.69 Å². The Hall–Kier alpha value is -1.55. The highest BCUT2D eigenvalue weighted by Crippen LogP contribution is 2.04. The fraction of sp³-hybridized carbons (Fsp3) is 0. The Morgan fingerprint density at radius 1 is 1.54 bits per heavy atom. The molecule has 0 aliphatic heterocycles. The quantitative estimate of drug-likeness (QED) is 0.737. The molecular weight excluding hydrogens is 190 g/mol. The maximum absolute atomic E-state index is 10.7. The molecule has 0 aliphatic carbocycles. The molecule has 0 aliphatic rings. The third-order valence-corrected chi connectivity index (χ3v) is 1.67. The number of rotatable bonds is 1. The molecule has 13 heavy (non-hydrogen) atoms. The van der Waals surface area contributed by atoms with Gasteiger partial charge in [-0.2, -0.15) is 0 Å². The molecule has 2 aromatic rings. The van der Waals surface area contributed by atoms with Crippen LogP contribution in [0.5, 0.6) is 0 Å². The average molecular weight is 198 g/mol. The Bertz CT molecular complexity index is 438. The summed E-state index contributed by atoms with van der Waals surface area (Å²) in [4.78, 5) is 14.6. The molecule has 68 valence electrons. The third kappa shape index (κ3) is 1.62. The molecule has 0 spiro atoms. The molecule has 0 unspecified atom stereocenters. The van der Waals surface area contributed by atoms with Crippen molar-refractivity contribution in [3.63, 3.8) is 0 Å². The van der Waals surface area contributed by atoms with E-state index in [-0.39, 0.29) is 12.4 Å². The molecule has 1 amide bonds. The monoisotopic (exact) mass is 197 g/mol. The van der Waals surface area contributed by atoms with Crippen molar-refractivity contribution in [1.82, 2.24) is 9.38 Å². The van der Waals surface area contributed by atoms with Gasteiger partial charge in [0.05, 0.1) is 6.33 Å². The van der Waals surface area contributed by atoms with Gasteiger partial charge in [-0.25, -0.2) is 4.98 Å². The van der Waals surface area contributed by atoms with Crippen molar-refractivity contribution in [2.24, 2.45) is 5.73 Å². The smallest absolute Gasteiger partial charge is 0.267 e. The zero-order chi connectivity index (χ0) is 8.55. The highest BCUT2D eigenvalue weighted by atomic mass is 35.5. The van der Waals surface area contributed by atoms with E-state index in [0.717, 1.165) is 5.52 Å². The maximum atomic E-state index is 10.7. The van der Waals surface area contributed by atoms with Crippen LogP contribution in [0.4, 0.5) is 0 Å². The summed E-state index contributed by atoms with van der Waals surface area (Å²) >= 11 is 0. The first-order chi connectivity index (χ1) is 5.77. The van der Waals surface area contributed by atoms with Crippen molar-refractivity contribution in [3.05, 3.63) is 36.4 Å². The Morgan fingerprint density at radius 2 is 2.31 bits per heavy atom. The summed E-state index contributed by atoms with van der Waals surface area (Å²) < 4.78 is 1.81. The van der Waals surface area contributed by atoms with E-state index >= 15 is 0 Å². The van der Waals surface area contributed by atoms with Crippen LogP contribution in [0.15, 0.2) is 30.7 Å². The van der Waals surface area contributed by atoms with Gasteiger partial charge >= 0.3 is 0 Å². The maximum Gasteiger partial charge on any atom is 0.267 e. The largest absolute Gasteiger partial charge is 0.364 e. The van der Waals surface area contributed by atoms with E-state index in [1.807, 2.05) is 22.7 Å². The van der Waals surface area contributed by atoms with E-state index in [0.29, 0.717) is 5.69 Å². The Balaban J connectivity index is 0.000000845. The molecule has 2 rings (SSSR count). The van der Waals surface area contributed by atoms with Crippen LogP contribution in [0.3, 0.4) is 0 Å². The van der Waals surface area contributed by atoms with Gasteiger partial charge in [-0.05, 0) is 18.2 Å². The van der Waals surface area contributed by atoms with E-state index in [4.69, 9.17) is 5.73 Å². The van der Waals surface area contributed by atoms with Crippen molar-refractivity contribution in [1.29, 1.82) is 0 Å². The number of nitrogens with zero attached hydrogens (tertiary/aromatic N) is 2. The second kappa shape index (κ2) is 3.45. The molecule has 0 aromatic carbocycles. The minimum Gasteiger partial charge on any atom is -0.364 e. The summed E-state index contributed by atoms with van der Waals surface area (Å²) in [7, 11) is 0. The summed E-state index contributed by atoms with van der Waals surface area (Å²) in [6, 6.07) is 5.41. The molecule has 0 saturated carbocycles. The first kappa shape index (κ1) is 9.54. The summed E-state index contributed by atoms with van der Waals surface area (Å²) in [5, 5.41) is 0. The Kier molecular flexibility index (Phi) is 2.53. The first-order valence-electron chi connectivity index (χ1n) is 3.50. The van der Waals surface area contributed by atoms with Crippen LogP contribution in [0, 0.1) is 0 Å². The van der Waals surface area contributed by atoms with Gasteiger partial charge in [0.15, 0.2) is 0 Å². The minimum absolute atomic E-state index is 0. The van der Waals surface area contributed by atoms with E-state index in [1.54, 1.807) is 12.4 Å². The van der Waals surface area contributed by atoms with E-state index in [1.165, 1.54) is 0 Å². The van der Waals surface area contributed by atoms with Gasteiger partial charge in [0, 0.05) is 11.7 Å².